The van der Waals surface area contributed by atoms with Crippen LogP contribution in [0.1, 0.15) is 85.0 Å². The topological polar surface area (TPSA) is 57.5 Å². The van der Waals surface area contributed by atoms with Gasteiger partial charge in [-0.3, -0.25) is 4.57 Å². The highest BCUT2D eigenvalue weighted by Gasteiger charge is 2.06. The average Bonchev–Trinajstić information content (AvgIpc) is 2.31. The van der Waals surface area contributed by atoms with E-state index in [1.54, 1.807) is 0 Å². The second-order valence-electron chi connectivity index (χ2n) is 4.93. The van der Waals surface area contributed by atoms with E-state index in [9.17, 15) is 0 Å². The van der Waals surface area contributed by atoms with Crippen molar-refractivity contribution in [1.29, 1.82) is 0 Å². The third-order valence-corrected chi connectivity index (χ3v) is 3.15. The zero-order valence-corrected chi connectivity index (χ0v) is 13.5. The van der Waals surface area contributed by atoms with Gasteiger partial charge in [-0.25, -0.2) is 0 Å². The summed E-state index contributed by atoms with van der Waals surface area (Å²) in [7, 11) is -3.13. The van der Waals surface area contributed by atoms with Crippen LogP contribution < -0.4 is 0 Å². The van der Waals surface area contributed by atoms with Gasteiger partial charge >= 0.3 is 8.25 Å². The van der Waals surface area contributed by atoms with Crippen LogP contribution in [-0.4, -0.2) is 9.79 Å². The highest BCUT2D eigenvalue weighted by Crippen LogP contribution is 2.22. The van der Waals surface area contributed by atoms with E-state index in [2.05, 4.69) is 20.8 Å². The largest absolute Gasteiger partial charge is 0.326 e. The van der Waals surface area contributed by atoms with Crippen molar-refractivity contribution in [2.24, 2.45) is 5.92 Å². The lowest BCUT2D eigenvalue weighted by Crippen LogP contribution is -2.00. The quantitative estimate of drug-likeness (QED) is 0.441. The molecule has 0 atom stereocenters. The lowest BCUT2D eigenvalue weighted by atomic mass is 9.91. The maximum atomic E-state index is 8.74. The first-order valence-corrected chi connectivity index (χ1v) is 8.80. The molecule has 2 N–H and O–H groups in total. The number of hydrogen-bond acceptors (Lipinski definition) is 1. The fourth-order valence-electron chi connectivity index (χ4n) is 2.10. The first-order valence-electron chi connectivity index (χ1n) is 7.50. The summed E-state index contributed by atoms with van der Waals surface area (Å²) in [5.74, 6) is 1.04. The Bertz CT molecular complexity index is 162. The maximum Gasteiger partial charge on any atom is 0.314 e. The Morgan fingerprint density at radius 2 is 1.11 bits per heavy atom. The Morgan fingerprint density at radius 3 is 1.44 bits per heavy atom. The average molecular weight is 280 g/mol. The molecule has 0 bridgehead atoms. The summed E-state index contributed by atoms with van der Waals surface area (Å²) in [6, 6.07) is 0. The van der Waals surface area contributed by atoms with E-state index >= 15 is 0 Å². The van der Waals surface area contributed by atoms with Crippen molar-refractivity contribution in [2.75, 3.05) is 0 Å². The fraction of sp³-hybridized carbons (Fsp3) is 1.00. The minimum atomic E-state index is -3.13. The summed E-state index contributed by atoms with van der Waals surface area (Å²) in [6.45, 7) is 6.92. The molecule has 0 rings (SSSR count). The Balaban J connectivity index is 0. The van der Waals surface area contributed by atoms with Crippen LogP contribution >= 0.6 is 8.25 Å². The zero-order chi connectivity index (χ0) is 14.2. The normalized spacial score (nSPS) is 10.6. The van der Waals surface area contributed by atoms with Crippen LogP contribution in [0.3, 0.4) is 0 Å². The smallest absolute Gasteiger partial charge is 0.314 e. The van der Waals surface area contributed by atoms with E-state index in [0.29, 0.717) is 0 Å². The second kappa shape index (κ2) is 17.2. The first kappa shape index (κ1) is 20.5. The molecule has 0 fully saturated rings. The van der Waals surface area contributed by atoms with Crippen molar-refractivity contribution in [3.63, 3.8) is 0 Å². The SMILES string of the molecule is CCCCCC(CCCC)CCCC.O=[PH](O)O. The van der Waals surface area contributed by atoms with Crippen LogP contribution in [0.25, 0.3) is 0 Å². The number of rotatable bonds is 10. The summed E-state index contributed by atoms with van der Waals surface area (Å²) in [5, 5.41) is 0. The van der Waals surface area contributed by atoms with Gasteiger partial charge in [-0.1, -0.05) is 85.0 Å². The van der Waals surface area contributed by atoms with Gasteiger partial charge in [0.15, 0.2) is 0 Å². The molecule has 112 valence electrons. The van der Waals surface area contributed by atoms with Crippen LogP contribution in [-0.2, 0) is 4.57 Å². The summed E-state index contributed by atoms with van der Waals surface area (Å²) in [6.07, 6.45) is 14.4. The van der Waals surface area contributed by atoms with E-state index in [4.69, 9.17) is 14.4 Å². The van der Waals surface area contributed by atoms with Crippen LogP contribution in [0.5, 0.6) is 0 Å². The molecular formula is C14H33O3P. The molecule has 3 nitrogen and oxygen atoms in total. The number of unbranched alkanes of at least 4 members (excludes halogenated alkanes) is 4. The third-order valence-electron chi connectivity index (χ3n) is 3.15. The molecule has 0 aliphatic rings. The van der Waals surface area contributed by atoms with Crippen molar-refractivity contribution < 1.29 is 14.4 Å². The van der Waals surface area contributed by atoms with Crippen molar-refractivity contribution in [3.8, 4) is 0 Å². The molecule has 0 aliphatic carbocycles. The van der Waals surface area contributed by atoms with Gasteiger partial charge in [0.25, 0.3) is 0 Å². The monoisotopic (exact) mass is 280 g/mol. The van der Waals surface area contributed by atoms with Crippen LogP contribution in [0.4, 0.5) is 0 Å². The first-order chi connectivity index (χ1) is 8.58. The second-order valence-corrected chi connectivity index (χ2v) is 5.49. The van der Waals surface area contributed by atoms with Gasteiger partial charge in [0.05, 0.1) is 0 Å². The molecule has 18 heavy (non-hydrogen) atoms. The lowest BCUT2D eigenvalue weighted by molar-refractivity contribution is 0.379. The summed E-state index contributed by atoms with van der Waals surface area (Å²) < 4.78 is 8.74. The predicted octanol–water partition coefficient (Wildman–Crippen LogP) is 4.92. The summed E-state index contributed by atoms with van der Waals surface area (Å²) in [5.41, 5.74) is 0. The molecule has 0 amide bonds. The van der Waals surface area contributed by atoms with Gasteiger partial charge in [-0.2, -0.15) is 0 Å². The maximum absolute atomic E-state index is 8.74. The Labute approximate surface area is 114 Å². The lowest BCUT2D eigenvalue weighted by Gasteiger charge is -2.15. The molecule has 0 aliphatic heterocycles. The highest BCUT2D eigenvalue weighted by molar-refractivity contribution is 7.30. The number of hydrogen-bond donors (Lipinski definition) is 2. The Hall–Kier alpha value is 0.150. The zero-order valence-electron chi connectivity index (χ0n) is 12.5. The summed E-state index contributed by atoms with van der Waals surface area (Å²) >= 11 is 0. The highest BCUT2D eigenvalue weighted by atomic mass is 31.1. The molecule has 0 aromatic rings. The molecule has 0 spiro atoms. The van der Waals surface area contributed by atoms with Crippen molar-refractivity contribution in [2.45, 2.75) is 85.0 Å². The third kappa shape index (κ3) is 21.4. The molecule has 0 saturated carbocycles. The molecule has 0 heterocycles. The van der Waals surface area contributed by atoms with E-state index in [-0.39, 0.29) is 0 Å². The predicted molar refractivity (Wildman–Crippen MR) is 80.1 cm³/mol. The molecular weight excluding hydrogens is 247 g/mol. The van der Waals surface area contributed by atoms with Gasteiger partial charge in [0, 0.05) is 0 Å². The van der Waals surface area contributed by atoms with Crippen molar-refractivity contribution in [3.05, 3.63) is 0 Å². The van der Waals surface area contributed by atoms with E-state index < -0.39 is 8.25 Å². The van der Waals surface area contributed by atoms with Crippen molar-refractivity contribution in [1.82, 2.24) is 0 Å². The molecule has 4 heteroatoms. The van der Waals surface area contributed by atoms with Crippen LogP contribution in [0, 0.1) is 5.92 Å². The van der Waals surface area contributed by atoms with Gasteiger partial charge in [-0.15, -0.1) is 0 Å². The molecule has 0 aromatic heterocycles. The Kier molecular flexibility index (Phi) is 19.5. The van der Waals surface area contributed by atoms with Gasteiger partial charge in [0.1, 0.15) is 0 Å². The van der Waals surface area contributed by atoms with Gasteiger partial charge < -0.3 is 9.79 Å². The van der Waals surface area contributed by atoms with Gasteiger partial charge in [0.2, 0.25) is 0 Å². The van der Waals surface area contributed by atoms with Gasteiger partial charge in [-0.05, 0) is 5.92 Å². The minimum Gasteiger partial charge on any atom is -0.326 e. The van der Waals surface area contributed by atoms with E-state index in [0.717, 1.165) is 5.92 Å². The van der Waals surface area contributed by atoms with E-state index in [1.165, 1.54) is 64.2 Å². The molecule has 0 aromatic carbocycles. The fourth-order valence-corrected chi connectivity index (χ4v) is 2.10. The molecule has 0 saturated heterocycles. The summed E-state index contributed by atoms with van der Waals surface area (Å²) in [4.78, 5) is 14.3. The van der Waals surface area contributed by atoms with E-state index in [1.807, 2.05) is 0 Å². The van der Waals surface area contributed by atoms with Crippen LogP contribution in [0.2, 0.25) is 0 Å². The Morgan fingerprint density at radius 1 is 0.778 bits per heavy atom. The van der Waals surface area contributed by atoms with Crippen molar-refractivity contribution >= 4 is 8.25 Å². The van der Waals surface area contributed by atoms with Crippen LogP contribution in [0.15, 0.2) is 0 Å². The molecule has 0 unspecified atom stereocenters. The molecule has 0 radical (unpaired) electrons. The minimum absolute atomic E-state index is 1.04. The standard InChI is InChI=1S/C14H30.H3O3P/c1-4-7-10-13-14(11-8-5-2)12-9-6-3;1-4(2)3/h14H,4-13H2,1-3H3;4H,(H2,1,2,3).